The van der Waals surface area contributed by atoms with Gasteiger partial charge >= 0.3 is 0 Å². The standard InChI is InChI=1S/C20H22N2O2/c23-19-8-4-5-13-22(19)15-17-11-9-16(10-12-17)14-21-20(24)18-6-2-1-3-7-18/h1-2,4-5,8-13,18H,3,6-7,14-15H2,(H,21,24)/t18-/m0/s1. The molecule has 24 heavy (non-hydrogen) atoms. The molecular weight excluding hydrogens is 300 g/mol. The van der Waals surface area contributed by atoms with Crippen molar-refractivity contribution in [3.63, 3.8) is 0 Å². The summed E-state index contributed by atoms with van der Waals surface area (Å²) in [5, 5.41) is 3.02. The van der Waals surface area contributed by atoms with Gasteiger partial charge in [0, 0.05) is 24.7 Å². The molecule has 4 heteroatoms. The summed E-state index contributed by atoms with van der Waals surface area (Å²) in [6, 6.07) is 13.2. The van der Waals surface area contributed by atoms with Crippen LogP contribution in [0.1, 0.15) is 30.4 Å². The van der Waals surface area contributed by atoms with Crippen molar-refractivity contribution < 1.29 is 4.79 Å². The minimum Gasteiger partial charge on any atom is -0.352 e. The van der Waals surface area contributed by atoms with Crippen molar-refractivity contribution in [3.8, 4) is 0 Å². The molecule has 1 amide bonds. The van der Waals surface area contributed by atoms with Gasteiger partial charge in [-0.15, -0.1) is 0 Å². The Kier molecular flexibility index (Phi) is 5.26. The van der Waals surface area contributed by atoms with Gasteiger partial charge in [0.2, 0.25) is 5.91 Å². The third kappa shape index (κ3) is 4.22. The number of carbonyl (C=O) groups is 1. The van der Waals surface area contributed by atoms with E-state index >= 15 is 0 Å². The van der Waals surface area contributed by atoms with Gasteiger partial charge in [0.05, 0.1) is 6.54 Å². The smallest absolute Gasteiger partial charge is 0.250 e. The van der Waals surface area contributed by atoms with Gasteiger partial charge in [-0.05, 0) is 36.5 Å². The van der Waals surface area contributed by atoms with Gasteiger partial charge in [-0.2, -0.15) is 0 Å². The Morgan fingerprint density at radius 3 is 2.58 bits per heavy atom. The van der Waals surface area contributed by atoms with Crippen LogP contribution in [0, 0.1) is 5.92 Å². The molecule has 1 N–H and O–H groups in total. The predicted octanol–water partition coefficient (Wildman–Crippen LogP) is 2.87. The normalized spacial score (nSPS) is 16.8. The van der Waals surface area contributed by atoms with E-state index < -0.39 is 0 Å². The van der Waals surface area contributed by atoms with Crippen LogP contribution in [-0.2, 0) is 17.9 Å². The average Bonchev–Trinajstić information content (AvgIpc) is 2.63. The third-order valence-corrected chi connectivity index (χ3v) is 4.38. The molecule has 0 saturated heterocycles. The van der Waals surface area contributed by atoms with Crippen LogP contribution in [0.4, 0.5) is 0 Å². The van der Waals surface area contributed by atoms with Gasteiger partial charge in [0.25, 0.3) is 5.56 Å². The second kappa shape index (κ2) is 7.77. The maximum absolute atomic E-state index is 12.1. The summed E-state index contributed by atoms with van der Waals surface area (Å²) in [5.41, 5.74) is 2.13. The van der Waals surface area contributed by atoms with Crippen LogP contribution in [0.25, 0.3) is 0 Å². The lowest BCUT2D eigenvalue weighted by atomic mass is 9.93. The highest BCUT2D eigenvalue weighted by atomic mass is 16.2. The van der Waals surface area contributed by atoms with Crippen molar-refractivity contribution in [1.82, 2.24) is 9.88 Å². The van der Waals surface area contributed by atoms with Crippen LogP contribution in [-0.4, -0.2) is 10.5 Å². The molecule has 1 atom stereocenters. The fourth-order valence-corrected chi connectivity index (χ4v) is 2.92. The summed E-state index contributed by atoms with van der Waals surface area (Å²) >= 11 is 0. The van der Waals surface area contributed by atoms with Crippen molar-refractivity contribution in [2.24, 2.45) is 5.92 Å². The first-order chi connectivity index (χ1) is 11.7. The zero-order valence-corrected chi connectivity index (χ0v) is 13.7. The van der Waals surface area contributed by atoms with Gasteiger partial charge in [0.15, 0.2) is 0 Å². The minimum atomic E-state index is -0.00429. The van der Waals surface area contributed by atoms with E-state index in [0.717, 1.165) is 30.4 Å². The largest absolute Gasteiger partial charge is 0.352 e. The Balaban J connectivity index is 1.55. The first-order valence-electron chi connectivity index (χ1n) is 8.38. The number of carbonyl (C=O) groups excluding carboxylic acids is 1. The van der Waals surface area contributed by atoms with E-state index in [-0.39, 0.29) is 17.4 Å². The zero-order valence-electron chi connectivity index (χ0n) is 13.7. The van der Waals surface area contributed by atoms with Crippen LogP contribution in [0.3, 0.4) is 0 Å². The topological polar surface area (TPSA) is 51.1 Å². The maximum atomic E-state index is 12.1. The molecule has 2 aromatic rings. The van der Waals surface area contributed by atoms with E-state index in [0.29, 0.717) is 13.1 Å². The molecule has 1 aromatic carbocycles. The summed E-state index contributed by atoms with van der Waals surface area (Å²) in [6.07, 6.45) is 8.79. The van der Waals surface area contributed by atoms with Gasteiger partial charge in [-0.25, -0.2) is 0 Å². The van der Waals surface area contributed by atoms with Crippen LogP contribution < -0.4 is 10.9 Å². The van der Waals surface area contributed by atoms with Crippen LogP contribution in [0.2, 0.25) is 0 Å². The molecule has 0 aliphatic heterocycles. The van der Waals surface area contributed by atoms with Crippen molar-refractivity contribution >= 4 is 5.91 Å². The number of benzene rings is 1. The molecule has 0 bridgehead atoms. The highest BCUT2D eigenvalue weighted by Crippen LogP contribution is 2.18. The van der Waals surface area contributed by atoms with Crippen LogP contribution in [0.5, 0.6) is 0 Å². The molecule has 1 heterocycles. The quantitative estimate of drug-likeness (QED) is 0.861. The van der Waals surface area contributed by atoms with Crippen LogP contribution >= 0.6 is 0 Å². The fraction of sp³-hybridized carbons (Fsp3) is 0.300. The summed E-state index contributed by atoms with van der Waals surface area (Å²) in [6.45, 7) is 1.10. The molecule has 3 rings (SSSR count). The third-order valence-electron chi connectivity index (χ3n) is 4.38. The van der Waals surface area contributed by atoms with Gasteiger partial charge in [-0.3, -0.25) is 9.59 Å². The molecule has 0 unspecified atom stereocenters. The monoisotopic (exact) mass is 322 g/mol. The number of rotatable bonds is 5. The molecule has 1 aromatic heterocycles. The zero-order chi connectivity index (χ0) is 16.8. The van der Waals surface area contributed by atoms with E-state index in [2.05, 4.69) is 17.5 Å². The number of hydrogen-bond acceptors (Lipinski definition) is 2. The lowest BCUT2D eigenvalue weighted by molar-refractivity contribution is -0.125. The molecule has 4 nitrogen and oxygen atoms in total. The number of nitrogens with zero attached hydrogens (tertiary/aromatic N) is 1. The summed E-state index contributed by atoms with van der Waals surface area (Å²) < 4.78 is 1.67. The molecule has 0 fully saturated rings. The average molecular weight is 322 g/mol. The number of aromatic nitrogens is 1. The number of pyridine rings is 1. The molecule has 0 saturated carbocycles. The fourth-order valence-electron chi connectivity index (χ4n) is 2.92. The van der Waals surface area contributed by atoms with E-state index in [1.165, 1.54) is 0 Å². The van der Waals surface area contributed by atoms with Crippen molar-refractivity contribution in [3.05, 3.63) is 82.3 Å². The SMILES string of the molecule is O=C(NCc1ccc(Cn2ccccc2=O)cc1)[C@H]1CC=CCC1. The maximum Gasteiger partial charge on any atom is 0.250 e. The molecule has 124 valence electrons. The van der Waals surface area contributed by atoms with Gasteiger partial charge in [-0.1, -0.05) is 42.5 Å². The second-order valence-corrected chi connectivity index (χ2v) is 6.18. The number of nitrogens with one attached hydrogen (secondary N) is 1. The molecule has 0 spiro atoms. The second-order valence-electron chi connectivity index (χ2n) is 6.18. The number of hydrogen-bond donors (Lipinski definition) is 1. The Hall–Kier alpha value is -2.62. The summed E-state index contributed by atoms with van der Waals surface area (Å²) in [4.78, 5) is 23.9. The summed E-state index contributed by atoms with van der Waals surface area (Å²) in [5.74, 6) is 0.249. The van der Waals surface area contributed by atoms with Crippen LogP contribution in [0.15, 0.2) is 65.6 Å². The minimum absolute atomic E-state index is 0.00429. The summed E-state index contributed by atoms with van der Waals surface area (Å²) in [7, 11) is 0. The Labute approximate surface area is 141 Å². The van der Waals surface area contributed by atoms with Gasteiger partial charge in [0.1, 0.15) is 0 Å². The van der Waals surface area contributed by atoms with Crippen molar-refractivity contribution in [2.75, 3.05) is 0 Å². The Bertz CT molecular complexity index is 775. The van der Waals surface area contributed by atoms with E-state index in [1.54, 1.807) is 22.9 Å². The molecule has 0 radical (unpaired) electrons. The van der Waals surface area contributed by atoms with E-state index in [4.69, 9.17) is 0 Å². The predicted molar refractivity (Wildman–Crippen MR) is 94.6 cm³/mol. The van der Waals surface area contributed by atoms with Gasteiger partial charge < -0.3 is 9.88 Å². The number of allylic oxidation sites excluding steroid dienone is 2. The first-order valence-corrected chi connectivity index (χ1v) is 8.38. The lowest BCUT2D eigenvalue weighted by Gasteiger charge is -2.17. The van der Waals surface area contributed by atoms with E-state index in [9.17, 15) is 9.59 Å². The number of amides is 1. The Morgan fingerprint density at radius 2 is 1.88 bits per heavy atom. The molecular formula is C20H22N2O2. The molecule has 1 aliphatic carbocycles. The molecule has 1 aliphatic rings. The van der Waals surface area contributed by atoms with Crippen molar-refractivity contribution in [2.45, 2.75) is 32.4 Å². The highest BCUT2D eigenvalue weighted by Gasteiger charge is 2.17. The highest BCUT2D eigenvalue weighted by molar-refractivity contribution is 5.78. The van der Waals surface area contributed by atoms with E-state index in [1.807, 2.05) is 30.3 Å². The Morgan fingerprint density at radius 1 is 1.08 bits per heavy atom. The van der Waals surface area contributed by atoms with Crippen molar-refractivity contribution in [1.29, 1.82) is 0 Å². The lowest BCUT2D eigenvalue weighted by Crippen LogP contribution is -2.30. The first kappa shape index (κ1) is 16.2.